The Morgan fingerprint density at radius 1 is 1.19 bits per heavy atom. The molecule has 1 aliphatic rings. The Bertz CT molecular complexity index is 1030. The first-order chi connectivity index (χ1) is 14.7. The summed E-state index contributed by atoms with van der Waals surface area (Å²) in [7, 11) is 3.51. The number of nitrogens with one attached hydrogen (secondary N) is 2. The van der Waals surface area contributed by atoms with E-state index in [-0.39, 0.29) is 24.0 Å². The van der Waals surface area contributed by atoms with Gasteiger partial charge in [0, 0.05) is 49.4 Å². The molecule has 0 amide bonds. The van der Waals surface area contributed by atoms with Crippen LogP contribution in [0.4, 0.5) is 5.69 Å². The smallest absolute Gasteiger partial charge is 0.191 e. The Balaban J connectivity index is 0.00000272. The lowest BCUT2D eigenvalue weighted by atomic mass is 10.1. The van der Waals surface area contributed by atoms with Crippen LogP contribution >= 0.6 is 24.0 Å². The number of aliphatic imine (C=N–C) groups is 1. The summed E-state index contributed by atoms with van der Waals surface area (Å²) in [6.45, 7) is 5.69. The van der Waals surface area contributed by atoms with E-state index in [4.69, 9.17) is 9.15 Å². The molecule has 2 N–H and O–H groups in total. The minimum absolute atomic E-state index is 0. The van der Waals surface area contributed by atoms with Crippen molar-refractivity contribution >= 4 is 46.6 Å². The van der Waals surface area contributed by atoms with Crippen LogP contribution in [0.25, 0.3) is 11.0 Å². The molecule has 0 radical (unpaired) electrons. The summed E-state index contributed by atoms with van der Waals surface area (Å²) in [6, 6.07) is 16.4. The summed E-state index contributed by atoms with van der Waals surface area (Å²) in [4.78, 5) is 6.79. The zero-order valence-corrected chi connectivity index (χ0v) is 20.7. The maximum atomic E-state index is 5.99. The molecule has 1 unspecified atom stereocenters. The lowest BCUT2D eigenvalue weighted by molar-refractivity contribution is 0.415. The highest BCUT2D eigenvalue weighted by atomic mass is 127. The standard InChI is InChI=1S/C24H30N4O2.HI/c1-17-21-9-4-5-10-22(21)30-23(17)15-27-24(25-2)26-14-18-11-12-28(16-18)19-7-6-8-20(13-19)29-3;/h4-10,13,18H,11-12,14-16H2,1-3H3,(H2,25,26,27);1H. The fourth-order valence-electron chi connectivity index (χ4n) is 4.06. The van der Waals surface area contributed by atoms with Gasteiger partial charge in [-0.05, 0) is 37.5 Å². The fraction of sp³-hybridized carbons (Fsp3) is 0.375. The van der Waals surface area contributed by atoms with Gasteiger partial charge in [-0.2, -0.15) is 0 Å². The fourth-order valence-corrected chi connectivity index (χ4v) is 4.06. The van der Waals surface area contributed by atoms with Crippen molar-refractivity contribution in [2.75, 3.05) is 38.7 Å². The summed E-state index contributed by atoms with van der Waals surface area (Å²) in [5, 5.41) is 8.03. The highest BCUT2D eigenvalue weighted by molar-refractivity contribution is 14.0. The number of furan rings is 1. The Labute approximate surface area is 201 Å². The van der Waals surface area contributed by atoms with E-state index in [0.717, 1.165) is 49.1 Å². The van der Waals surface area contributed by atoms with Gasteiger partial charge in [-0.3, -0.25) is 4.99 Å². The number of para-hydroxylation sites is 1. The average molecular weight is 534 g/mol. The van der Waals surface area contributed by atoms with Gasteiger partial charge in [0.05, 0.1) is 13.7 Å². The molecule has 4 rings (SSSR count). The van der Waals surface area contributed by atoms with E-state index < -0.39 is 0 Å². The molecule has 0 spiro atoms. The quantitative estimate of drug-likeness (QED) is 0.276. The number of hydrogen-bond donors (Lipinski definition) is 2. The number of hydrogen-bond acceptors (Lipinski definition) is 4. The molecule has 1 saturated heterocycles. The van der Waals surface area contributed by atoms with Gasteiger partial charge in [0.1, 0.15) is 17.1 Å². The molecule has 1 fully saturated rings. The van der Waals surface area contributed by atoms with E-state index in [1.807, 2.05) is 30.3 Å². The van der Waals surface area contributed by atoms with Gasteiger partial charge >= 0.3 is 0 Å². The number of ether oxygens (including phenoxy) is 1. The number of benzene rings is 2. The summed E-state index contributed by atoms with van der Waals surface area (Å²) in [6.07, 6.45) is 1.16. The van der Waals surface area contributed by atoms with E-state index >= 15 is 0 Å². The number of fused-ring (bicyclic) bond motifs is 1. The zero-order chi connectivity index (χ0) is 20.9. The second-order valence-corrected chi connectivity index (χ2v) is 7.76. The van der Waals surface area contributed by atoms with Crippen LogP contribution in [0.15, 0.2) is 57.9 Å². The topological polar surface area (TPSA) is 62.0 Å². The Morgan fingerprint density at radius 3 is 2.81 bits per heavy atom. The lowest BCUT2D eigenvalue weighted by Crippen LogP contribution is -2.40. The lowest BCUT2D eigenvalue weighted by Gasteiger charge is -2.20. The van der Waals surface area contributed by atoms with Crippen LogP contribution in [0.1, 0.15) is 17.7 Å². The minimum Gasteiger partial charge on any atom is -0.497 e. The van der Waals surface area contributed by atoms with Gasteiger partial charge in [-0.1, -0.05) is 24.3 Å². The van der Waals surface area contributed by atoms with Crippen LogP contribution < -0.4 is 20.3 Å². The number of aryl methyl sites for hydroxylation is 1. The van der Waals surface area contributed by atoms with Crippen molar-refractivity contribution in [3.63, 3.8) is 0 Å². The number of nitrogens with zero attached hydrogens (tertiary/aromatic N) is 2. The number of methoxy groups -OCH3 is 1. The van der Waals surface area contributed by atoms with Gasteiger partial charge in [0.2, 0.25) is 0 Å². The molecule has 2 heterocycles. The third-order valence-corrected chi connectivity index (χ3v) is 5.84. The molecule has 7 heteroatoms. The number of halogens is 1. The van der Waals surface area contributed by atoms with Crippen LogP contribution in [0, 0.1) is 12.8 Å². The van der Waals surface area contributed by atoms with Crippen molar-refractivity contribution in [2.24, 2.45) is 10.9 Å². The summed E-state index contributed by atoms with van der Waals surface area (Å²) in [5.74, 6) is 3.22. The molecule has 166 valence electrons. The monoisotopic (exact) mass is 534 g/mol. The molecule has 1 aliphatic heterocycles. The van der Waals surface area contributed by atoms with E-state index in [1.165, 1.54) is 16.6 Å². The van der Waals surface area contributed by atoms with E-state index in [1.54, 1.807) is 14.2 Å². The first-order valence-electron chi connectivity index (χ1n) is 10.5. The highest BCUT2D eigenvalue weighted by Gasteiger charge is 2.23. The molecular formula is C24H31IN4O2. The van der Waals surface area contributed by atoms with Gasteiger partial charge in [0.25, 0.3) is 0 Å². The van der Waals surface area contributed by atoms with Gasteiger partial charge in [-0.25, -0.2) is 0 Å². The molecule has 0 bridgehead atoms. The van der Waals surface area contributed by atoms with Crippen molar-refractivity contribution in [1.29, 1.82) is 0 Å². The Kier molecular flexibility index (Phi) is 8.06. The average Bonchev–Trinajstić information content (AvgIpc) is 3.39. The zero-order valence-electron chi connectivity index (χ0n) is 18.4. The highest BCUT2D eigenvalue weighted by Crippen LogP contribution is 2.27. The molecule has 1 aromatic heterocycles. The first-order valence-corrected chi connectivity index (χ1v) is 10.5. The number of anilines is 1. The molecular weight excluding hydrogens is 503 g/mol. The predicted octanol–water partition coefficient (Wildman–Crippen LogP) is 4.56. The predicted molar refractivity (Wildman–Crippen MR) is 138 cm³/mol. The normalized spacial score (nSPS) is 16.3. The third-order valence-electron chi connectivity index (χ3n) is 5.84. The van der Waals surface area contributed by atoms with Crippen molar-refractivity contribution in [3.05, 3.63) is 59.9 Å². The third kappa shape index (κ3) is 5.44. The molecule has 3 aromatic rings. The van der Waals surface area contributed by atoms with Crippen molar-refractivity contribution in [3.8, 4) is 5.75 Å². The van der Waals surface area contributed by atoms with Crippen molar-refractivity contribution < 1.29 is 9.15 Å². The van der Waals surface area contributed by atoms with Crippen LogP contribution in [-0.4, -0.2) is 39.8 Å². The molecule has 0 aliphatic carbocycles. The summed E-state index contributed by atoms with van der Waals surface area (Å²) < 4.78 is 11.3. The summed E-state index contributed by atoms with van der Waals surface area (Å²) >= 11 is 0. The maximum absolute atomic E-state index is 5.99. The van der Waals surface area contributed by atoms with E-state index in [2.05, 4.69) is 45.6 Å². The molecule has 6 nitrogen and oxygen atoms in total. The maximum Gasteiger partial charge on any atom is 0.191 e. The van der Waals surface area contributed by atoms with Crippen molar-refractivity contribution in [2.45, 2.75) is 19.9 Å². The van der Waals surface area contributed by atoms with Crippen LogP contribution in [0.5, 0.6) is 5.75 Å². The first kappa shape index (κ1) is 23.2. The second kappa shape index (κ2) is 10.7. The largest absolute Gasteiger partial charge is 0.497 e. The molecule has 2 aromatic carbocycles. The Morgan fingerprint density at radius 2 is 2.03 bits per heavy atom. The van der Waals surface area contributed by atoms with Gasteiger partial charge in [0.15, 0.2) is 5.96 Å². The SMILES string of the molecule is CN=C(NCc1oc2ccccc2c1C)NCC1CCN(c2cccc(OC)c2)C1.I. The van der Waals surface area contributed by atoms with Gasteiger partial charge in [-0.15, -0.1) is 24.0 Å². The summed E-state index contributed by atoms with van der Waals surface area (Å²) in [5.41, 5.74) is 3.33. The van der Waals surface area contributed by atoms with Gasteiger partial charge < -0.3 is 24.7 Å². The van der Waals surface area contributed by atoms with Crippen LogP contribution in [0.3, 0.4) is 0 Å². The molecule has 0 saturated carbocycles. The minimum atomic E-state index is 0. The van der Waals surface area contributed by atoms with Crippen LogP contribution in [0.2, 0.25) is 0 Å². The van der Waals surface area contributed by atoms with E-state index in [9.17, 15) is 0 Å². The Hall–Kier alpha value is -2.42. The molecule has 1 atom stereocenters. The van der Waals surface area contributed by atoms with Crippen LogP contribution in [-0.2, 0) is 6.54 Å². The van der Waals surface area contributed by atoms with E-state index in [0.29, 0.717) is 12.5 Å². The second-order valence-electron chi connectivity index (χ2n) is 7.76. The number of rotatable bonds is 6. The number of guanidine groups is 1. The van der Waals surface area contributed by atoms with Crippen molar-refractivity contribution in [1.82, 2.24) is 10.6 Å². The molecule has 31 heavy (non-hydrogen) atoms.